The van der Waals surface area contributed by atoms with Crippen molar-refractivity contribution in [3.8, 4) is 0 Å². The third-order valence-electron chi connectivity index (χ3n) is 5.51. The fourth-order valence-corrected chi connectivity index (χ4v) is 3.59. The molecular formula is C22H50N2+2. The molecule has 2 nitrogen and oxygen atoms in total. The van der Waals surface area contributed by atoms with Gasteiger partial charge in [-0.15, -0.1) is 0 Å². The van der Waals surface area contributed by atoms with Crippen molar-refractivity contribution in [2.45, 2.75) is 90.9 Å². The molecule has 0 atom stereocenters. The largest absolute Gasteiger partial charge is 0.328 e. The van der Waals surface area contributed by atoms with E-state index in [1.54, 1.807) is 0 Å². The Balaban J connectivity index is 3.60. The maximum atomic E-state index is 2.42. The summed E-state index contributed by atoms with van der Waals surface area (Å²) in [7, 11) is 9.68. The van der Waals surface area contributed by atoms with Crippen LogP contribution in [0.15, 0.2) is 0 Å². The van der Waals surface area contributed by atoms with E-state index >= 15 is 0 Å². The van der Waals surface area contributed by atoms with Gasteiger partial charge in [-0.3, -0.25) is 0 Å². The molecule has 146 valence electrons. The highest BCUT2D eigenvalue weighted by atomic mass is 15.3. The maximum Gasteiger partial charge on any atom is 0.0782 e. The molecule has 0 saturated carbocycles. The summed E-state index contributed by atoms with van der Waals surface area (Å²) in [6, 6.07) is 0. The molecule has 0 N–H and O–H groups in total. The predicted molar refractivity (Wildman–Crippen MR) is 110 cm³/mol. The zero-order valence-corrected chi connectivity index (χ0v) is 18.2. The molecule has 0 fully saturated rings. The molecule has 0 aliphatic rings. The molecule has 24 heavy (non-hydrogen) atoms. The van der Waals surface area contributed by atoms with Crippen LogP contribution in [0.5, 0.6) is 0 Å². The molecule has 0 aromatic rings. The molecule has 0 spiro atoms. The van der Waals surface area contributed by atoms with Gasteiger partial charge in [0.25, 0.3) is 0 Å². The molecule has 0 rings (SSSR count). The van der Waals surface area contributed by atoms with Crippen molar-refractivity contribution in [2.24, 2.45) is 0 Å². The van der Waals surface area contributed by atoms with Crippen LogP contribution in [-0.4, -0.2) is 63.3 Å². The van der Waals surface area contributed by atoms with Crippen LogP contribution in [0.25, 0.3) is 0 Å². The van der Waals surface area contributed by atoms with Crippen LogP contribution in [0, 0.1) is 0 Å². The lowest BCUT2D eigenvalue weighted by atomic mass is 10.1. The van der Waals surface area contributed by atoms with E-state index in [1.807, 2.05) is 0 Å². The van der Waals surface area contributed by atoms with E-state index < -0.39 is 0 Å². The summed E-state index contributed by atoms with van der Waals surface area (Å²) < 4.78 is 2.45. The Kier molecular flexibility index (Phi) is 14.1. The summed E-state index contributed by atoms with van der Waals surface area (Å²) >= 11 is 0. The van der Waals surface area contributed by atoms with Crippen molar-refractivity contribution in [3.63, 3.8) is 0 Å². The van der Waals surface area contributed by atoms with Gasteiger partial charge < -0.3 is 8.97 Å². The van der Waals surface area contributed by atoms with Crippen molar-refractivity contribution >= 4 is 0 Å². The Hall–Kier alpha value is -0.0800. The molecular weight excluding hydrogens is 292 g/mol. The number of quaternary nitrogens is 2. The summed E-state index contributed by atoms with van der Waals surface area (Å²) in [5.41, 5.74) is 0. The summed E-state index contributed by atoms with van der Waals surface area (Å²) in [5.74, 6) is 0. The molecule has 2 heteroatoms. The topological polar surface area (TPSA) is 0 Å². The van der Waals surface area contributed by atoms with Crippen LogP contribution >= 0.6 is 0 Å². The lowest BCUT2D eigenvalue weighted by molar-refractivity contribution is -0.891. The second-order valence-electron chi connectivity index (χ2n) is 9.30. The van der Waals surface area contributed by atoms with Gasteiger partial charge in [0.05, 0.1) is 54.4 Å². The zero-order valence-electron chi connectivity index (χ0n) is 18.2. The summed E-state index contributed by atoms with van der Waals surface area (Å²) in [6.07, 6.45) is 16.8. The van der Waals surface area contributed by atoms with E-state index in [1.165, 1.54) is 112 Å². The fraction of sp³-hybridized carbons (Fsp3) is 1.00. The first kappa shape index (κ1) is 23.9. The normalized spacial score (nSPS) is 12.8. The van der Waals surface area contributed by atoms with Crippen LogP contribution in [0.1, 0.15) is 90.9 Å². The van der Waals surface area contributed by atoms with Crippen molar-refractivity contribution in [2.75, 3.05) is 54.4 Å². The Morgan fingerprint density at radius 3 is 0.875 bits per heavy atom. The Bertz CT molecular complexity index is 243. The first-order chi connectivity index (χ1) is 11.3. The van der Waals surface area contributed by atoms with Crippen LogP contribution in [0.3, 0.4) is 0 Å². The van der Waals surface area contributed by atoms with Crippen LogP contribution < -0.4 is 0 Å². The van der Waals surface area contributed by atoms with E-state index in [0.29, 0.717) is 0 Å². The number of unbranched alkanes of at least 4 members (excludes halogenated alkanes) is 9. The molecule has 0 aromatic carbocycles. The van der Waals surface area contributed by atoms with Crippen LogP contribution in [0.4, 0.5) is 0 Å². The minimum atomic E-state index is 1.22. The van der Waals surface area contributed by atoms with Crippen molar-refractivity contribution < 1.29 is 8.97 Å². The highest BCUT2D eigenvalue weighted by Crippen LogP contribution is 2.11. The Labute approximate surface area is 154 Å². The SMILES string of the molecule is CCCCCC[N+](C)(C)CCCCCC[N+](C)(C)CCCCCC. The van der Waals surface area contributed by atoms with Gasteiger partial charge in [-0.2, -0.15) is 0 Å². The molecule has 0 saturated heterocycles. The zero-order chi connectivity index (χ0) is 18.3. The van der Waals surface area contributed by atoms with Gasteiger partial charge in [-0.25, -0.2) is 0 Å². The van der Waals surface area contributed by atoms with E-state index in [9.17, 15) is 0 Å². The third kappa shape index (κ3) is 15.4. The van der Waals surface area contributed by atoms with Gasteiger partial charge in [-0.1, -0.05) is 39.5 Å². The number of hydrogen-bond acceptors (Lipinski definition) is 0. The Morgan fingerprint density at radius 2 is 0.625 bits per heavy atom. The lowest BCUT2D eigenvalue weighted by Gasteiger charge is -2.31. The Morgan fingerprint density at radius 1 is 0.375 bits per heavy atom. The number of nitrogens with zero attached hydrogens (tertiary/aromatic N) is 2. The standard InChI is InChI=1S/C22H50N2/c1-7-9-11-15-19-23(3,4)21-17-13-14-18-22-24(5,6)20-16-12-10-8-2/h7-22H2,1-6H3/q+2. The summed E-state index contributed by atoms with van der Waals surface area (Å²) in [4.78, 5) is 0. The van der Waals surface area contributed by atoms with Gasteiger partial charge in [-0.05, 0) is 51.4 Å². The minimum absolute atomic E-state index is 1.22. The average Bonchev–Trinajstić information content (AvgIpc) is 2.51. The van der Waals surface area contributed by atoms with Gasteiger partial charge in [0.15, 0.2) is 0 Å². The van der Waals surface area contributed by atoms with E-state index in [4.69, 9.17) is 0 Å². The summed E-state index contributed by atoms with van der Waals surface area (Å²) in [6.45, 7) is 10.0. The van der Waals surface area contributed by atoms with Gasteiger partial charge >= 0.3 is 0 Å². The molecule has 0 unspecified atom stereocenters. The van der Waals surface area contributed by atoms with Crippen molar-refractivity contribution in [1.82, 2.24) is 0 Å². The second-order valence-corrected chi connectivity index (χ2v) is 9.30. The number of rotatable bonds is 17. The van der Waals surface area contributed by atoms with Crippen LogP contribution in [0.2, 0.25) is 0 Å². The maximum absolute atomic E-state index is 2.42. The van der Waals surface area contributed by atoms with Gasteiger partial charge in [0.1, 0.15) is 0 Å². The van der Waals surface area contributed by atoms with Gasteiger partial charge in [0.2, 0.25) is 0 Å². The molecule has 0 aliphatic heterocycles. The highest BCUT2D eigenvalue weighted by Gasteiger charge is 2.15. The van der Waals surface area contributed by atoms with Crippen molar-refractivity contribution in [1.29, 1.82) is 0 Å². The van der Waals surface area contributed by atoms with E-state index in [2.05, 4.69) is 42.0 Å². The van der Waals surface area contributed by atoms with E-state index in [-0.39, 0.29) is 0 Å². The fourth-order valence-electron chi connectivity index (χ4n) is 3.59. The molecule has 0 heterocycles. The van der Waals surface area contributed by atoms with Gasteiger partial charge in [0, 0.05) is 0 Å². The van der Waals surface area contributed by atoms with Crippen molar-refractivity contribution in [3.05, 3.63) is 0 Å². The first-order valence-corrected chi connectivity index (χ1v) is 11.0. The minimum Gasteiger partial charge on any atom is -0.328 e. The molecule has 0 radical (unpaired) electrons. The predicted octanol–water partition coefficient (Wildman–Crippen LogP) is 5.86. The quantitative estimate of drug-likeness (QED) is 0.229. The van der Waals surface area contributed by atoms with E-state index in [0.717, 1.165) is 0 Å². The molecule has 0 bridgehead atoms. The second kappa shape index (κ2) is 14.1. The molecule has 0 amide bonds. The summed E-state index contributed by atoms with van der Waals surface area (Å²) in [5, 5.41) is 0. The monoisotopic (exact) mass is 342 g/mol. The number of hydrogen-bond donors (Lipinski definition) is 0. The molecule has 0 aliphatic carbocycles. The first-order valence-electron chi connectivity index (χ1n) is 11.0. The lowest BCUT2D eigenvalue weighted by Crippen LogP contribution is -2.41. The average molecular weight is 343 g/mol. The molecule has 0 aromatic heterocycles. The van der Waals surface area contributed by atoms with Crippen LogP contribution in [-0.2, 0) is 0 Å². The highest BCUT2D eigenvalue weighted by molar-refractivity contribution is 4.47. The smallest absolute Gasteiger partial charge is 0.0782 e. The third-order valence-corrected chi connectivity index (χ3v) is 5.51.